The highest BCUT2D eigenvalue weighted by molar-refractivity contribution is 6.34. The SMILES string of the molecule is N#Cc1cnc(N[C@@H]2CCC[C@H](n3cnc4cncc(Cl)c43)C2)nc1-c1cnn(CC(F)F)c1. The number of pyridine rings is 1. The van der Waals surface area contributed by atoms with E-state index in [-0.39, 0.29) is 17.6 Å². The van der Waals surface area contributed by atoms with Crippen molar-refractivity contribution in [2.24, 2.45) is 0 Å². The maximum absolute atomic E-state index is 12.7. The molecule has 1 saturated carbocycles. The minimum Gasteiger partial charge on any atom is -0.351 e. The quantitative estimate of drug-likeness (QED) is 0.430. The van der Waals surface area contributed by atoms with Gasteiger partial charge in [0.1, 0.15) is 18.1 Å². The number of imidazole rings is 1. The Morgan fingerprint density at radius 2 is 2.09 bits per heavy atom. The minimum atomic E-state index is -2.52. The van der Waals surface area contributed by atoms with Crippen LogP contribution >= 0.6 is 11.6 Å². The molecule has 1 aliphatic carbocycles. The molecule has 0 saturated heterocycles. The second-order valence-corrected chi connectivity index (χ2v) is 8.62. The van der Waals surface area contributed by atoms with Gasteiger partial charge in [0.25, 0.3) is 6.43 Å². The predicted molar refractivity (Wildman–Crippen MR) is 121 cm³/mol. The lowest BCUT2D eigenvalue weighted by atomic mass is 9.91. The second-order valence-electron chi connectivity index (χ2n) is 8.21. The van der Waals surface area contributed by atoms with Crippen molar-refractivity contribution in [3.05, 3.63) is 47.9 Å². The number of aromatic nitrogens is 7. The topological polar surface area (TPSA) is 110 Å². The highest BCUT2D eigenvalue weighted by Gasteiger charge is 2.26. The molecule has 1 fully saturated rings. The molecule has 4 heterocycles. The van der Waals surface area contributed by atoms with Crippen LogP contribution in [0.5, 0.6) is 0 Å². The van der Waals surface area contributed by atoms with Gasteiger partial charge in [-0.15, -0.1) is 0 Å². The zero-order valence-corrected chi connectivity index (χ0v) is 18.7. The Bertz CT molecular complexity index is 1360. The molecular weight excluding hydrogens is 464 g/mol. The van der Waals surface area contributed by atoms with Crippen LogP contribution in [0.15, 0.2) is 37.3 Å². The summed E-state index contributed by atoms with van der Waals surface area (Å²) >= 11 is 6.39. The van der Waals surface area contributed by atoms with Gasteiger partial charge in [-0.2, -0.15) is 10.4 Å². The first-order valence-corrected chi connectivity index (χ1v) is 11.2. The molecule has 0 unspecified atom stereocenters. The molecule has 1 N–H and O–H groups in total. The maximum atomic E-state index is 12.7. The molecule has 0 aliphatic heterocycles. The average Bonchev–Trinajstić information content (AvgIpc) is 3.47. The summed E-state index contributed by atoms with van der Waals surface area (Å²) in [7, 11) is 0. The summed E-state index contributed by atoms with van der Waals surface area (Å²) in [6.07, 6.45) is 10.7. The van der Waals surface area contributed by atoms with E-state index in [1.165, 1.54) is 18.6 Å². The molecule has 0 bridgehead atoms. The lowest BCUT2D eigenvalue weighted by Gasteiger charge is -2.31. The van der Waals surface area contributed by atoms with E-state index in [9.17, 15) is 14.0 Å². The van der Waals surface area contributed by atoms with Gasteiger partial charge in [0, 0.05) is 30.0 Å². The minimum absolute atomic E-state index is 0.0964. The summed E-state index contributed by atoms with van der Waals surface area (Å²) in [5.74, 6) is 0.374. The van der Waals surface area contributed by atoms with Crippen molar-refractivity contribution in [2.45, 2.75) is 50.7 Å². The summed E-state index contributed by atoms with van der Waals surface area (Å²) in [6.45, 7) is -0.523. The van der Waals surface area contributed by atoms with Crippen LogP contribution in [0, 0.1) is 11.3 Å². The van der Waals surface area contributed by atoms with Crippen molar-refractivity contribution in [2.75, 3.05) is 5.32 Å². The summed E-state index contributed by atoms with van der Waals surface area (Å²) in [5, 5.41) is 17.4. The first-order chi connectivity index (χ1) is 16.5. The van der Waals surface area contributed by atoms with E-state index in [4.69, 9.17) is 11.6 Å². The van der Waals surface area contributed by atoms with Crippen molar-refractivity contribution >= 4 is 28.6 Å². The number of rotatable bonds is 6. The van der Waals surface area contributed by atoms with E-state index < -0.39 is 13.0 Å². The molecule has 2 atom stereocenters. The number of anilines is 1. The Labute approximate surface area is 198 Å². The van der Waals surface area contributed by atoms with Gasteiger partial charge >= 0.3 is 0 Å². The van der Waals surface area contributed by atoms with Gasteiger partial charge in [0.15, 0.2) is 0 Å². The van der Waals surface area contributed by atoms with Crippen molar-refractivity contribution in [1.82, 2.24) is 34.3 Å². The van der Waals surface area contributed by atoms with Crippen LogP contribution in [-0.2, 0) is 6.54 Å². The van der Waals surface area contributed by atoms with Gasteiger partial charge in [-0.3, -0.25) is 9.67 Å². The van der Waals surface area contributed by atoms with E-state index in [2.05, 4.69) is 41.0 Å². The van der Waals surface area contributed by atoms with Crippen LogP contribution in [0.1, 0.15) is 37.3 Å². The van der Waals surface area contributed by atoms with Crippen molar-refractivity contribution in [3.63, 3.8) is 0 Å². The van der Waals surface area contributed by atoms with Crippen LogP contribution < -0.4 is 5.32 Å². The van der Waals surface area contributed by atoms with Crippen LogP contribution in [0.25, 0.3) is 22.3 Å². The Hall–Kier alpha value is -3.65. The molecule has 34 heavy (non-hydrogen) atoms. The van der Waals surface area contributed by atoms with E-state index in [1.54, 1.807) is 18.7 Å². The lowest BCUT2D eigenvalue weighted by molar-refractivity contribution is 0.122. The fraction of sp³-hybridized carbons (Fsp3) is 0.364. The van der Waals surface area contributed by atoms with Crippen LogP contribution in [-0.4, -0.2) is 46.8 Å². The molecule has 4 aromatic rings. The number of nitriles is 1. The first-order valence-electron chi connectivity index (χ1n) is 10.8. The number of fused-ring (bicyclic) bond motifs is 1. The van der Waals surface area contributed by atoms with Crippen molar-refractivity contribution in [3.8, 4) is 17.3 Å². The molecule has 0 spiro atoms. The predicted octanol–water partition coefficient (Wildman–Crippen LogP) is 4.47. The highest BCUT2D eigenvalue weighted by Crippen LogP contribution is 2.34. The third-order valence-corrected chi connectivity index (χ3v) is 6.22. The molecule has 0 amide bonds. The second kappa shape index (κ2) is 9.30. The Morgan fingerprint density at radius 3 is 2.91 bits per heavy atom. The van der Waals surface area contributed by atoms with Crippen LogP contribution in [0.3, 0.4) is 0 Å². The average molecular weight is 484 g/mol. The molecule has 1 aliphatic rings. The van der Waals surface area contributed by atoms with Gasteiger partial charge < -0.3 is 9.88 Å². The fourth-order valence-electron chi connectivity index (χ4n) is 4.44. The number of halogens is 3. The van der Waals surface area contributed by atoms with Crippen LogP contribution in [0.2, 0.25) is 5.02 Å². The number of hydrogen-bond donors (Lipinski definition) is 1. The van der Waals surface area contributed by atoms with Gasteiger partial charge in [-0.1, -0.05) is 11.6 Å². The van der Waals surface area contributed by atoms with E-state index in [0.717, 1.165) is 41.4 Å². The molecule has 4 aromatic heterocycles. The third kappa shape index (κ3) is 4.41. The summed E-state index contributed by atoms with van der Waals surface area (Å²) in [6, 6.07) is 2.35. The normalized spacial score (nSPS) is 18.3. The van der Waals surface area contributed by atoms with Gasteiger partial charge in [0.05, 0.1) is 46.7 Å². The molecule has 12 heteroatoms. The molecule has 9 nitrogen and oxygen atoms in total. The zero-order valence-electron chi connectivity index (χ0n) is 17.9. The van der Waals surface area contributed by atoms with E-state index >= 15 is 0 Å². The zero-order chi connectivity index (χ0) is 23.7. The third-order valence-electron chi connectivity index (χ3n) is 5.95. The number of nitrogens with one attached hydrogen (secondary N) is 1. The van der Waals surface area contributed by atoms with E-state index in [0.29, 0.717) is 22.2 Å². The van der Waals surface area contributed by atoms with Gasteiger partial charge in [0.2, 0.25) is 5.95 Å². The number of alkyl halides is 2. The van der Waals surface area contributed by atoms with Crippen LogP contribution in [0.4, 0.5) is 14.7 Å². The molecule has 5 rings (SSSR count). The Balaban J connectivity index is 1.36. The lowest BCUT2D eigenvalue weighted by Crippen LogP contribution is -2.29. The van der Waals surface area contributed by atoms with Crippen molar-refractivity contribution in [1.29, 1.82) is 5.26 Å². The van der Waals surface area contributed by atoms with E-state index in [1.807, 2.05) is 0 Å². The summed E-state index contributed by atoms with van der Waals surface area (Å²) in [5.41, 5.74) is 2.72. The summed E-state index contributed by atoms with van der Waals surface area (Å²) < 4.78 is 28.6. The number of nitrogens with zero attached hydrogens (tertiary/aromatic N) is 8. The van der Waals surface area contributed by atoms with Gasteiger partial charge in [-0.05, 0) is 25.7 Å². The fourth-order valence-corrected chi connectivity index (χ4v) is 4.69. The largest absolute Gasteiger partial charge is 0.351 e. The maximum Gasteiger partial charge on any atom is 0.257 e. The molecule has 174 valence electrons. The Morgan fingerprint density at radius 1 is 1.21 bits per heavy atom. The van der Waals surface area contributed by atoms with Gasteiger partial charge in [-0.25, -0.2) is 23.7 Å². The first kappa shape index (κ1) is 22.2. The smallest absolute Gasteiger partial charge is 0.257 e. The monoisotopic (exact) mass is 483 g/mol. The highest BCUT2D eigenvalue weighted by atomic mass is 35.5. The standard InChI is InChI=1S/C22H20ClF2N9/c23-17-8-27-9-18-21(17)34(12-29-18)16-3-1-2-15(4-16)31-22-28-6-13(5-26)20(32-22)14-7-30-33(10-14)11-19(24)25/h6-10,12,15-16,19H,1-4,11H2,(H,28,31,32)/t15-,16+/m1/s1. The number of hydrogen-bond acceptors (Lipinski definition) is 7. The molecule has 0 radical (unpaired) electrons. The summed E-state index contributed by atoms with van der Waals surface area (Å²) in [4.78, 5) is 17.3. The Kier molecular flexibility index (Phi) is 6.06. The molecular formula is C22H20ClF2N9. The van der Waals surface area contributed by atoms with Crippen molar-refractivity contribution < 1.29 is 8.78 Å². The molecule has 0 aromatic carbocycles.